The first-order valence-electron chi connectivity index (χ1n) is 6.63. The van der Waals surface area contributed by atoms with Crippen LogP contribution < -0.4 is 5.69 Å². The molecule has 2 aromatic heterocycles. The van der Waals surface area contributed by atoms with Crippen molar-refractivity contribution >= 4 is 22.8 Å². The molecule has 0 radical (unpaired) electrons. The van der Waals surface area contributed by atoms with Crippen LogP contribution in [0.2, 0.25) is 5.28 Å². The Morgan fingerprint density at radius 1 is 1.47 bits per heavy atom. The maximum Gasteiger partial charge on any atom is 0.328 e. The number of halogens is 1. The minimum Gasteiger partial charge on any atom is -0.303 e. The summed E-state index contributed by atoms with van der Waals surface area (Å²) in [7, 11) is 0. The van der Waals surface area contributed by atoms with Crippen molar-refractivity contribution in [1.29, 1.82) is 0 Å². The summed E-state index contributed by atoms with van der Waals surface area (Å²) >= 11 is 5.86. The Kier molecular flexibility index (Phi) is 2.89. The van der Waals surface area contributed by atoms with Crippen molar-refractivity contribution in [1.82, 2.24) is 19.5 Å². The van der Waals surface area contributed by atoms with Gasteiger partial charge in [0.1, 0.15) is 5.52 Å². The highest BCUT2D eigenvalue weighted by Crippen LogP contribution is 2.37. The van der Waals surface area contributed by atoms with E-state index < -0.39 is 0 Å². The molecule has 0 bridgehead atoms. The number of nitrogens with zero attached hydrogens (tertiary/aromatic N) is 3. The summed E-state index contributed by atoms with van der Waals surface area (Å²) in [6.07, 6.45) is 5.81. The van der Waals surface area contributed by atoms with Gasteiger partial charge in [0, 0.05) is 5.54 Å². The van der Waals surface area contributed by atoms with Gasteiger partial charge in [0.25, 0.3) is 0 Å². The monoisotopic (exact) mass is 280 g/mol. The van der Waals surface area contributed by atoms with E-state index >= 15 is 0 Å². The molecular formula is C13H17ClN4O. The Balaban J connectivity index is 2.16. The number of aromatic amines is 1. The number of H-pyrrole nitrogens is 1. The second-order valence-corrected chi connectivity index (χ2v) is 6.16. The van der Waals surface area contributed by atoms with Crippen LogP contribution in [0.15, 0.2) is 11.0 Å². The highest BCUT2D eigenvalue weighted by molar-refractivity contribution is 6.28. The Labute approximate surface area is 116 Å². The maximum absolute atomic E-state index is 12.2. The zero-order valence-electron chi connectivity index (χ0n) is 11.1. The van der Waals surface area contributed by atoms with Crippen LogP contribution in [0.25, 0.3) is 11.2 Å². The summed E-state index contributed by atoms with van der Waals surface area (Å²) in [5.41, 5.74) is 0.958. The van der Waals surface area contributed by atoms with E-state index in [1.54, 1.807) is 10.8 Å². The van der Waals surface area contributed by atoms with Crippen LogP contribution in [0.4, 0.5) is 0 Å². The van der Waals surface area contributed by atoms with Gasteiger partial charge < -0.3 is 4.98 Å². The molecule has 102 valence electrons. The van der Waals surface area contributed by atoms with Gasteiger partial charge >= 0.3 is 5.69 Å². The lowest BCUT2D eigenvalue weighted by molar-refractivity contribution is 0.182. The smallest absolute Gasteiger partial charge is 0.303 e. The number of hydrogen-bond donors (Lipinski definition) is 1. The molecule has 0 atom stereocenters. The fraction of sp³-hybridized carbons (Fsp3) is 0.615. The van der Waals surface area contributed by atoms with Gasteiger partial charge in [-0.2, -0.15) is 4.98 Å². The number of nitrogens with one attached hydrogen (secondary N) is 1. The minimum absolute atomic E-state index is 0.122. The van der Waals surface area contributed by atoms with E-state index in [1.165, 1.54) is 0 Å². The van der Waals surface area contributed by atoms with Crippen molar-refractivity contribution in [3.63, 3.8) is 0 Å². The standard InChI is InChI=1S/C13H17ClN4O/c1-8-3-5-13(2,6-4-8)18-10-9(16-12(18)19)7-15-11(14)17-10/h7-8H,3-6H2,1-2H3,(H,16,19). The third-order valence-electron chi connectivity index (χ3n) is 4.29. The summed E-state index contributed by atoms with van der Waals surface area (Å²) in [5.74, 6) is 0.729. The first-order valence-corrected chi connectivity index (χ1v) is 7.01. The van der Waals surface area contributed by atoms with E-state index in [2.05, 4.69) is 28.8 Å². The Morgan fingerprint density at radius 3 is 2.84 bits per heavy atom. The average molecular weight is 281 g/mol. The zero-order valence-corrected chi connectivity index (χ0v) is 11.9. The van der Waals surface area contributed by atoms with Crippen LogP contribution in [-0.4, -0.2) is 19.5 Å². The number of aromatic nitrogens is 4. The third-order valence-corrected chi connectivity index (χ3v) is 4.47. The topological polar surface area (TPSA) is 63.6 Å². The quantitative estimate of drug-likeness (QED) is 0.817. The predicted molar refractivity (Wildman–Crippen MR) is 74.4 cm³/mol. The van der Waals surface area contributed by atoms with E-state index in [4.69, 9.17) is 11.6 Å². The van der Waals surface area contributed by atoms with Crippen LogP contribution in [-0.2, 0) is 5.54 Å². The van der Waals surface area contributed by atoms with E-state index in [1.807, 2.05) is 0 Å². The average Bonchev–Trinajstić information content (AvgIpc) is 2.69. The van der Waals surface area contributed by atoms with Crippen LogP contribution >= 0.6 is 11.6 Å². The lowest BCUT2D eigenvalue weighted by Crippen LogP contribution is -2.40. The van der Waals surface area contributed by atoms with Crippen LogP contribution in [0.5, 0.6) is 0 Å². The molecule has 1 saturated carbocycles. The summed E-state index contributed by atoms with van der Waals surface area (Å²) in [5, 5.41) is 0.174. The van der Waals surface area contributed by atoms with Crippen LogP contribution in [0.3, 0.4) is 0 Å². The molecule has 1 aliphatic carbocycles. The Hall–Kier alpha value is -1.36. The summed E-state index contributed by atoms with van der Waals surface area (Å²) < 4.78 is 1.77. The largest absolute Gasteiger partial charge is 0.328 e. The second kappa shape index (κ2) is 4.34. The summed E-state index contributed by atoms with van der Waals surface area (Å²) in [6.45, 7) is 4.39. The molecule has 6 heteroatoms. The molecule has 1 fully saturated rings. The molecule has 0 unspecified atom stereocenters. The van der Waals surface area contributed by atoms with Crippen molar-refractivity contribution in [2.45, 2.75) is 45.1 Å². The van der Waals surface area contributed by atoms with Crippen molar-refractivity contribution in [2.24, 2.45) is 5.92 Å². The summed E-state index contributed by atoms with van der Waals surface area (Å²) in [6, 6.07) is 0. The van der Waals surface area contributed by atoms with Gasteiger partial charge in [-0.15, -0.1) is 0 Å². The SMILES string of the molecule is CC1CCC(C)(n2c(=O)[nH]c3cnc(Cl)nc32)CC1. The first kappa shape index (κ1) is 12.7. The fourth-order valence-electron chi connectivity index (χ4n) is 2.99. The molecule has 0 saturated heterocycles. The van der Waals surface area contributed by atoms with Gasteiger partial charge in [0.15, 0.2) is 5.65 Å². The van der Waals surface area contributed by atoms with Gasteiger partial charge in [-0.05, 0) is 50.1 Å². The molecule has 19 heavy (non-hydrogen) atoms. The number of rotatable bonds is 1. The van der Waals surface area contributed by atoms with E-state index in [0.717, 1.165) is 31.6 Å². The zero-order chi connectivity index (χ0) is 13.6. The predicted octanol–water partition coefficient (Wildman–Crippen LogP) is 2.70. The third kappa shape index (κ3) is 2.06. The fourth-order valence-corrected chi connectivity index (χ4v) is 3.12. The molecule has 0 amide bonds. The Morgan fingerprint density at radius 2 is 2.16 bits per heavy atom. The minimum atomic E-state index is -0.181. The summed E-state index contributed by atoms with van der Waals surface area (Å²) in [4.78, 5) is 23.2. The molecule has 0 spiro atoms. The van der Waals surface area contributed by atoms with Gasteiger partial charge in [-0.1, -0.05) is 6.92 Å². The highest BCUT2D eigenvalue weighted by Gasteiger charge is 2.34. The molecule has 2 heterocycles. The lowest BCUT2D eigenvalue weighted by Gasteiger charge is -2.37. The van der Waals surface area contributed by atoms with Gasteiger partial charge in [-0.25, -0.2) is 9.78 Å². The van der Waals surface area contributed by atoms with Gasteiger partial charge in [-0.3, -0.25) is 4.57 Å². The van der Waals surface area contributed by atoms with E-state index in [0.29, 0.717) is 11.2 Å². The molecule has 3 rings (SSSR count). The van der Waals surface area contributed by atoms with Crippen LogP contribution in [0.1, 0.15) is 39.5 Å². The molecule has 0 aliphatic heterocycles. The van der Waals surface area contributed by atoms with E-state index in [9.17, 15) is 4.79 Å². The van der Waals surface area contributed by atoms with Crippen LogP contribution in [0, 0.1) is 5.92 Å². The van der Waals surface area contributed by atoms with Crippen molar-refractivity contribution in [3.05, 3.63) is 22.0 Å². The lowest BCUT2D eigenvalue weighted by atomic mass is 9.78. The molecule has 0 aromatic carbocycles. The normalized spacial score (nSPS) is 27.8. The number of hydrogen-bond acceptors (Lipinski definition) is 3. The first-order chi connectivity index (χ1) is 8.99. The maximum atomic E-state index is 12.2. The molecule has 5 nitrogen and oxygen atoms in total. The molecule has 1 aliphatic rings. The van der Waals surface area contributed by atoms with Crippen molar-refractivity contribution in [3.8, 4) is 0 Å². The van der Waals surface area contributed by atoms with Gasteiger partial charge in [0.2, 0.25) is 5.28 Å². The van der Waals surface area contributed by atoms with Gasteiger partial charge in [0.05, 0.1) is 6.20 Å². The number of imidazole rings is 1. The van der Waals surface area contributed by atoms with Crippen molar-refractivity contribution in [2.75, 3.05) is 0 Å². The molecule has 1 N–H and O–H groups in total. The second-order valence-electron chi connectivity index (χ2n) is 5.82. The van der Waals surface area contributed by atoms with Crippen molar-refractivity contribution < 1.29 is 0 Å². The number of fused-ring (bicyclic) bond motifs is 1. The van der Waals surface area contributed by atoms with E-state index in [-0.39, 0.29) is 16.5 Å². The molecule has 2 aromatic rings. The highest BCUT2D eigenvalue weighted by atomic mass is 35.5. The molecular weight excluding hydrogens is 264 g/mol. The Bertz CT molecular complexity index is 667.